The van der Waals surface area contributed by atoms with E-state index in [1.807, 2.05) is 13.0 Å². The van der Waals surface area contributed by atoms with E-state index < -0.39 is 5.82 Å². The standard InChI is InChI=1S/C14H12ClF2N/c1-9-4-11(16)7-12(5-9)18-8-10-2-3-14(17)13(15)6-10/h2-7,18H,8H2,1H3. The molecule has 0 aromatic heterocycles. The van der Waals surface area contributed by atoms with E-state index in [2.05, 4.69) is 5.32 Å². The third kappa shape index (κ3) is 3.20. The molecule has 1 nitrogen and oxygen atoms in total. The fraction of sp³-hybridized carbons (Fsp3) is 0.143. The minimum atomic E-state index is -0.443. The summed E-state index contributed by atoms with van der Waals surface area (Å²) in [6.07, 6.45) is 0. The van der Waals surface area contributed by atoms with E-state index in [1.165, 1.54) is 18.2 Å². The van der Waals surface area contributed by atoms with Crippen LogP contribution < -0.4 is 5.32 Å². The molecule has 0 saturated heterocycles. The van der Waals surface area contributed by atoms with Crippen molar-refractivity contribution in [2.75, 3.05) is 5.32 Å². The molecule has 4 heteroatoms. The van der Waals surface area contributed by atoms with Crippen LogP contribution in [-0.2, 0) is 6.54 Å². The SMILES string of the molecule is Cc1cc(F)cc(NCc2ccc(F)c(Cl)c2)c1. The number of anilines is 1. The van der Waals surface area contributed by atoms with E-state index >= 15 is 0 Å². The minimum absolute atomic E-state index is 0.0877. The highest BCUT2D eigenvalue weighted by Gasteiger charge is 2.02. The quantitative estimate of drug-likeness (QED) is 0.861. The van der Waals surface area contributed by atoms with Crippen molar-refractivity contribution < 1.29 is 8.78 Å². The highest BCUT2D eigenvalue weighted by molar-refractivity contribution is 6.30. The van der Waals surface area contributed by atoms with Crippen molar-refractivity contribution in [2.24, 2.45) is 0 Å². The fourth-order valence-corrected chi connectivity index (χ4v) is 1.90. The molecular formula is C14H12ClF2N. The molecular weight excluding hydrogens is 256 g/mol. The molecule has 0 atom stereocenters. The van der Waals surface area contributed by atoms with Crippen LogP contribution in [0.5, 0.6) is 0 Å². The molecule has 0 aliphatic rings. The van der Waals surface area contributed by atoms with Crippen molar-refractivity contribution in [3.8, 4) is 0 Å². The second kappa shape index (κ2) is 5.36. The van der Waals surface area contributed by atoms with E-state index in [9.17, 15) is 8.78 Å². The molecule has 2 aromatic rings. The second-order valence-electron chi connectivity index (χ2n) is 4.12. The van der Waals surface area contributed by atoms with Crippen molar-refractivity contribution in [3.63, 3.8) is 0 Å². The smallest absolute Gasteiger partial charge is 0.141 e. The van der Waals surface area contributed by atoms with Gasteiger partial charge >= 0.3 is 0 Å². The lowest BCUT2D eigenvalue weighted by Gasteiger charge is -2.08. The van der Waals surface area contributed by atoms with Crippen LogP contribution in [0.4, 0.5) is 14.5 Å². The highest BCUT2D eigenvalue weighted by atomic mass is 35.5. The van der Waals surface area contributed by atoms with E-state index in [0.29, 0.717) is 12.2 Å². The van der Waals surface area contributed by atoms with Crippen LogP contribution >= 0.6 is 11.6 Å². The predicted octanol–water partition coefficient (Wildman–Crippen LogP) is 4.54. The van der Waals surface area contributed by atoms with E-state index in [1.54, 1.807) is 12.1 Å². The predicted molar refractivity (Wildman–Crippen MR) is 69.9 cm³/mol. The summed E-state index contributed by atoms with van der Waals surface area (Å²) in [6, 6.07) is 9.22. The molecule has 94 valence electrons. The molecule has 0 fully saturated rings. The lowest BCUT2D eigenvalue weighted by Crippen LogP contribution is -2.00. The van der Waals surface area contributed by atoms with Crippen LogP contribution in [-0.4, -0.2) is 0 Å². The summed E-state index contributed by atoms with van der Waals surface area (Å²) in [7, 11) is 0. The highest BCUT2D eigenvalue weighted by Crippen LogP contribution is 2.18. The Hall–Kier alpha value is -1.61. The zero-order chi connectivity index (χ0) is 13.1. The van der Waals surface area contributed by atoms with Crippen molar-refractivity contribution in [1.29, 1.82) is 0 Å². The van der Waals surface area contributed by atoms with Crippen LogP contribution in [0, 0.1) is 18.6 Å². The van der Waals surface area contributed by atoms with E-state index in [-0.39, 0.29) is 10.8 Å². The van der Waals surface area contributed by atoms with Gasteiger partial charge in [0, 0.05) is 12.2 Å². The third-order valence-electron chi connectivity index (χ3n) is 2.52. The first kappa shape index (κ1) is 12.8. The third-order valence-corrected chi connectivity index (χ3v) is 2.81. The van der Waals surface area contributed by atoms with Gasteiger partial charge in [-0.15, -0.1) is 0 Å². The minimum Gasteiger partial charge on any atom is -0.381 e. The number of halogens is 3. The molecule has 0 saturated carbocycles. The average Bonchev–Trinajstić information content (AvgIpc) is 2.29. The van der Waals surface area contributed by atoms with Crippen molar-refractivity contribution in [1.82, 2.24) is 0 Å². The summed E-state index contributed by atoms with van der Waals surface area (Å²) in [6.45, 7) is 2.28. The molecule has 18 heavy (non-hydrogen) atoms. The van der Waals surface area contributed by atoms with Gasteiger partial charge in [-0.05, 0) is 48.4 Å². The van der Waals surface area contributed by atoms with Gasteiger partial charge in [0.2, 0.25) is 0 Å². The number of nitrogens with one attached hydrogen (secondary N) is 1. The molecule has 0 amide bonds. The van der Waals surface area contributed by atoms with Gasteiger partial charge in [-0.1, -0.05) is 17.7 Å². The van der Waals surface area contributed by atoms with Gasteiger partial charge in [-0.25, -0.2) is 8.78 Å². The maximum Gasteiger partial charge on any atom is 0.141 e. The van der Waals surface area contributed by atoms with Crippen LogP contribution in [0.2, 0.25) is 5.02 Å². The summed E-state index contributed by atoms with van der Waals surface area (Å²) in [5.41, 5.74) is 2.37. The Labute approximate surface area is 109 Å². The molecule has 1 N–H and O–H groups in total. The Morgan fingerprint density at radius 3 is 2.56 bits per heavy atom. The zero-order valence-corrected chi connectivity index (χ0v) is 10.6. The largest absolute Gasteiger partial charge is 0.381 e. The van der Waals surface area contributed by atoms with Gasteiger partial charge in [0.15, 0.2) is 0 Å². The summed E-state index contributed by atoms with van der Waals surface area (Å²) in [5.74, 6) is -0.725. The van der Waals surface area contributed by atoms with Gasteiger partial charge in [-0.3, -0.25) is 0 Å². The Balaban J connectivity index is 2.08. The van der Waals surface area contributed by atoms with Crippen LogP contribution in [0.3, 0.4) is 0 Å². The number of benzene rings is 2. The van der Waals surface area contributed by atoms with Crippen molar-refractivity contribution in [3.05, 3.63) is 64.2 Å². The maximum atomic E-state index is 13.2. The topological polar surface area (TPSA) is 12.0 Å². The Morgan fingerprint density at radius 1 is 1.11 bits per heavy atom. The van der Waals surface area contributed by atoms with Crippen molar-refractivity contribution in [2.45, 2.75) is 13.5 Å². The van der Waals surface area contributed by atoms with Gasteiger partial charge in [0.05, 0.1) is 5.02 Å². The summed E-state index contributed by atoms with van der Waals surface area (Å²) >= 11 is 5.68. The van der Waals surface area contributed by atoms with Crippen LogP contribution in [0.15, 0.2) is 36.4 Å². The normalized spacial score (nSPS) is 10.4. The maximum absolute atomic E-state index is 13.2. The first-order valence-electron chi connectivity index (χ1n) is 5.49. The fourth-order valence-electron chi connectivity index (χ4n) is 1.69. The number of hydrogen-bond acceptors (Lipinski definition) is 1. The first-order valence-corrected chi connectivity index (χ1v) is 5.87. The van der Waals surface area contributed by atoms with E-state index in [4.69, 9.17) is 11.6 Å². The molecule has 0 spiro atoms. The molecule has 0 radical (unpaired) electrons. The number of aryl methyl sites for hydroxylation is 1. The summed E-state index contributed by atoms with van der Waals surface area (Å²) in [5, 5.41) is 3.16. The Bertz CT molecular complexity index is 549. The monoisotopic (exact) mass is 267 g/mol. The van der Waals surface area contributed by atoms with E-state index in [0.717, 1.165) is 11.1 Å². The molecule has 2 aromatic carbocycles. The Morgan fingerprint density at radius 2 is 1.89 bits per heavy atom. The van der Waals surface area contributed by atoms with Crippen molar-refractivity contribution >= 4 is 17.3 Å². The average molecular weight is 268 g/mol. The summed E-state index contributed by atoms with van der Waals surface area (Å²) in [4.78, 5) is 0. The lowest BCUT2D eigenvalue weighted by molar-refractivity contribution is 0.627. The zero-order valence-electron chi connectivity index (χ0n) is 9.81. The second-order valence-corrected chi connectivity index (χ2v) is 4.53. The molecule has 0 unspecified atom stereocenters. The first-order chi connectivity index (χ1) is 8.54. The molecule has 0 aliphatic heterocycles. The molecule has 0 bridgehead atoms. The lowest BCUT2D eigenvalue weighted by atomic mass is 10.2. The van der Waals surface area contributed by atoms with Gasteiger partial charge in [-0.2, -0.15) is 0 Å². The molecule has 2 rings (SSSR count). The van der Waals surface area contributed by atoms with Gasteiger partial charge < -0.3 is 5.32 Å². The van der Waals surface area contributed by atoms with Gasteiger partial charge in [0.25, 0.3) is 0 Å². The number of rotatable bonds is 3. The van der Waals surface area contributed by atoms with Crippen LogP contribution in [0.25, 0.3) is 0 Å². The number of hydrogen-bond donors (Lipinski definition) is 1. The van der Waals surface area contributed by atoms with Crippen LogP contribution in [0.1, 0.15) is 11.1 Å². The molecule has 0 heterocycles. The van der Waals surface area contributed by atoms with Gasteiger partial charge in [0.1, 0.15) is 11.6 Å². The Kier molecular flexibility index (Phi) is 3.82. The summed E-state index contributed by atoms with van der Waals surface area (Å²) < 4.78 is 26.1. The molecule has 0 aliphatic carbocycles.